The van der Waals surface area contributed by atoms with Crippen LogP contribution in [0.15, 0.2) is 43.0 Å². The monoisotopic (exact) mass is 336 g/mol. The van der Waals surface area contributed by atoms with E-state index in [0.717, 1.165) is 29.2 Å². The standard InChI is InChI=1S/C18H20N6O/c1-2-16(24-9-4-8-20-24)18(25)23-10-6-14-15(12-23)22-17(21-14)13-5-3-7-19-11-13/h3-5,7-9,11,16H,2,6,10,12H2,1H3,(H,21,22)/t16-/m0/s1. The third kappa shape index (κ3) is 2.93. The van der Waals surface area contributed by atoms with Gasteiger partial charge < -0.3 is 9.88 Å². The van der Waals surface area contributed by atoms with Gasteiger partial charge in [0.15, 0.2) is 0 Å². The number of carbonyl (C=O) groups excluding carboxylic acids is 1. The van der Waals surface area contributed by atoms with Crippen LogP contribution in [0.25, 0.3) is 11.4 Å². The summed E-state index contributed by atoms with van der Waals surface area (Å²) in [4.78, 5) is 27.0. The van der Waals surface area contributed by atoms with Gasteiger partial charge in [0.25, 0.3) is 0 Å². The Morgan fingerprint density at radius 2 is 2.28 bits per heavy atom. The highest BCUT2D eigenvalue weighted by Crippen LogP contribution is 2.24. The van der Waals surface area contributed by atoms with Crippen LogP contribution in [-0.2, 0) is 17.8 Å². The molecule has 0 saturated carbocycles. The molecule has 4 heterocycles. The second-order valence-electron chi connectivity index (χ2n) is 6.17. The first-order valence-electron chi connectivity index (χ1n) is 8.52. The lowest BCUT2D eigenvalue weighted by Gasteiger charge is -2.29. The van der Waals surface area contributed by atoms with Crippen molar-refractivity contribution in [3.05, 3.63) is 54.4 Å². The number of fused-ring (bicyclic) bond motifs is 1. The van der Waals surface area contributed by atoms with Gasteiger partial charge in [-0.25, -0.2) is 4.98 Å². The molecule has 25 heavy (non-hydrogen) atoms. The van der Waals surface area contributed by atoms with Gasteiger partial charge in [-0.05, 0) is 24.6 Å². The first-order chi connectivity index (χ1) is 12.3. The minimum absolute atomic E-state index is 0.106. The SMILES string of the molecule is CC[C@@H](C(=O)N1CCc2nc(-c3cccnc3)[nH]c2C1)n1cccn1. The molecule has 1 atom stereocenters. The summed E-state index contributed by atoms with van der Waals surface area (Å²) < 4.78 is 1.74. The maximum atomic E-state index is 12.9. The zero-order valence-electron chi connectivity index (χ0n) is 14.1. The van der Waals surface area contributed by atoms with Gasteiger partial charge in [0.05, 0.1) is 17.9 Å². The number of aromatic amines is 1. The van der Waals surface area contributed by atoms with Crippen LogP contribution in [0.1, 0.15) is 30.8 Å². The van der Waals surface area contributed by atoms with E-state index in [9.17, 15) is 4.79 Å². The summed E-state index contributed by atoms with van der Waals surface area (Å²) in [5, 5.41) is 4.23. The van der Waals surface area contributed by atoms with Gasteiger partial charge in [-0.1, -0.05) is 6.92 Å². The smallest absolute Gasteiger partial charge is 0.247 e. The van der Waals surface area contributed by atoms with Crippen molar-refractivity contribution in [3.63, 3.8) is 0 Å². The average Bonchev–Trinajstić information content (AvgIpc) is 3.32. The van der Waals surface area contributed by atoms with E-state index in [0.29, 0.717) is 19.5 Å². The van der Waals surface area contributed by atoms with E-state index in [1.54, 1.807) is 23.3 Å². The molecule has 0 radical (unpaired) electrons. The average molecular weight is 336 g/mol. The van der Waals surface area contributed by atoms with Gasteiger partial charge in [-0.3, -0.25) is 14.5 Å². The highest BCUT2D eigenvalue weighted by molar-refractivity contribution is 5.80. The minimum Gasteiger partial charge on any atom is -0.340 e. The number of hydrogen-bond donors (Lipinski definition) is 1. The Kier molecular flexibility index (Phi) is 4.05. The number of imidazole rings is 1. The van der Waals surface area contributed by atoms with E-state index >= 15 is 0 Å². The summed E-state index contributed by atoms with van der Waals surface area (Å²) in [6.07, 6.45) is 8.56. The van der Waals surface area contributed by atoms with E-state index in [2.05, 4.69) is 20.1 Å². The predicted octanol–water partition coefficient (Wildman–Crippen LogP) is 2.20. The van der Waals surface area contributed by atoms with Crippen molar-refractivity contribution in [1.29, 1.82) is 0 Å². The van der Waals surface area contributed by atoms with Gasteiger partial charge in [0.2, 0.25) is 5.91 Å². The van der Waals surface area contributed by atoms with Crippen LogP contribution in [-0.4, -0.2) is 42.1 Å². The molecule has 0 aliphatic carbocycles. The lowest BCUT2D eigenvalue weighted by atomic mass is 10.1. The molecule has 0 saturated heterocycles. The number of H-pyrrole nitrogens is 1. The molecule has 7 heteroatoms. The Labute approximate surface area is 145 Å². The fraction of sp³-hybridized carbons (Fsp3) is 0.333. The number of rotatable bonds is 4. The molecular weight excluding hydrogens is 316 g/mol. The van der Waals surface area contributed by atoms with E-state index < -0.39 is 0 Å². The number of nitrogens with one attached hydrogen (secondary N) is 1. The normalized spacial score (nSPS) is 15.0. The van der Waals surface area contributed by atoms with E-state index in [-0.39, 0.29) is 11.9 Å². The number of hydrogen-bond acceptors (Lipinski definition) is 4. The van der Waals surface area contributed by atoms with Crippen molar-refractivity contribution in [3.8, 4) is 11.4 Å². The topological polar surface area (TPSA) is 79.7 Å². The van der Waals surface area contributed by atoms with Crippen molar-refractivity contribution < 1.29 is 4.79 Å². The lowest BCUT2D eigenvalue weighted by Crippen LogP contribution is -2.40. The Balaban J connectivity index is 1.55. The molecule has 0 aromatic carbocycles. The molecule has 3 aromatic heterocycles. The molecule has 128 valence electrons. The summed E-state index contributed by atoms with van der Waals surface area (Å²) in [7, 11) is 0. The van der Waals surface area contributed by atoms with E-state index in [4.69, 9.17) is 0 Å². The third-order valence-corrected chi connectivity index (χ3v) is 4.59. The molecule has 4 rings (SSSR count). The number of pyridine rings is 1. The molecule has 7 nitrogen and oxygen atoms in total. The first kappa shape index (κ1) is 15.6. The summed E-state index contributed by atoms with van der Waals surface area (Å²) in [5.74, 6) is 0.917. The highest BCUT2D eigenvalue weighted by atomic mass is 16.2. The van der Waals surface area contributed by atoms with Crippen LogP contribution >= 0.6 is 0 Å². The van der Waals surface area contributed by atoms with Crippen LogP contribution in [0.5, 0.6) is 0 Å². The van der Waals surface area contributed by atoms with Crippen molar-refractivity contribution in [2.24, 2.45) is 0 Å². The maximum Gasteiger partial charge on any atom is 0.247 e. The van der Waals surface area contributed by atoms with Gasteiger partial charge in [0.1, 0.15) is 11.9 Å². The molecule has 0 bridgehead atoms. The summed E-state index contributed by atoms with van der Waals surface area (Å²) in [6, 6.07) is 5.46. The van der Waals surface area contributed by atoms with Gasteiger partial charge >= 0.3 is 0 Å². The summed E-state index contributed by atoms with van der Waals surface area (Å²) in [6.45, 7) is 3.25. The fourth-order valence-corrected chi connectivity index (χ4v) is 3.27. The Bertz CT molecular complexity index is 855. The van der Waals surface area contributed by atoms with Crippen molar-refractivity contribution in [2.75, 3.05) is 6.54 Å². The zero-order valence-corrected chi connectivity index (χ0v) is 14.1. The molecule has 1 amide bonds. The number of nitrogens with zero attached hydrogens (tertiary/aromatic N) is 5. The van der Waals surface area contributed by atoms with Crippen LogP contribution in [0.3, 0.4) is 0 Å². The van der Waals surface area contributed by atoms with Gasteiger partial charge in [-0.2, -0.15) is 5.10 Å². The molecule has 0 unspecified atom stereocenters. The molecule has 1 N–H and O–H groups in total. The zero-order chi connectivity index (χ0) is 17.2. The van der Waals surface area contributed by atoms with Crippen molar-refractivity contribution in [2.45, 2.75) is 32.4 Å². The number of aromatic nitrogens is 5. The summed E-state index contributed by atoms with van der Waals surface area (Å²) >= 11 is 0. The largest absolute Gasteiger partial charge is 0.340 e. The van der Waals surface area contributed by atoms with Crippen LogP contribution in [0.4, 0.5) is 0 Å². The summed E-state index contributed by atoms with van der Waals surface area (Å²) in [5.41, 5.74) is 3.00. The molecule has 1 aliphatic heterocycles. The quantitative estimate of drug-likeness (QED) is 0.792. The lowest BCUT2D eigenvalue weighted by molar-refractivity contribution is -0.136. The Hall–Kier alpha value is -2.96. The first-order valence-corrected chi connectivity index (χ1v) is 8.52. The molecule has 0 fully saturated rings. The van der Waals surface area contributed by atoms with Crippen molar-refractivity contribution in [1.82, 2.24) is 29.6 Å². The van der Waals surface area contributed by atoms with Gasteiger partial charge in [0, 0.05) is 43.3 Å². The fourth-order valence-electron chi connectivity index (χ4n) is 3.27. The van der Waals surface area contributed by atoms with Crippen molar-refractivity contribution >= 4 is 5.91 Å². The van der Waals surface area contributed by atoms with Crippen LogP contribution in [0.2, 0.25) is 0 Å². The maximum absolute atomic E-state index is 12.9. The minimum atomic E-state index is -0.253. The molecule has 0 spiro atoms. The van der Waals surface area contributed by atoms with Crippen LogP contribution < -0.4 is 0 Å². The number of carbonyl (C=O) groups is 1. The second kappa shape index (κ2) is 6.51. The van der Waals surface area contributed by atoms with Gasteiger partial charge in [-0.15, -0.1) is 0 Å². The Morgan fingerprint density at radius 1 is 1.36 bits per heavy atom. The van der Waals surface area contributed by atoms with Crippen LogP contribution in [0, 0.1) is 0 Å². The third-order valence-electron chi connectivity index (χ3n) is 4.59. The number of amides is 1. The second-order valence-corrected chi connectivity index (χ2v) is 6.17. The molecular formula is C18H20N6O. The van der Waals surface area contributed by atoms with E-state index in [1.165, 1.54) is 0 Å². The Morgan fingerprint density at radius 3 is 3.00 bits per heavy atom. The predicted molar refractivity (Wildman–Crippen MR) is 92.5 cm³/mol. The molecule has 3 aromatic rings. The molecule has 1 aliphatic rings. The van der Waals surface area contributed by atoms with E-state index in [1.807, 2.05) is 36.2 Å². The highest BCUT2D eigenvalue weighted by Gasteiger charge is 2.29.